The van der Waals surface area contributed by atoms with Crippen LogP contribution < -0.4 is 14.8 Å². The molecule has 1 aliphatic heterocycles. The summed E-state index contributed by atoms with van der Waals surface area (Å²) in [5, 5.41) is 2.84. The van der Waals surface area contributed by atoms with E-state index in [9.17, 15) is 22.4 Å². The number of amides is 2. The number of sulfonamides is 1. The normalized spacial score (nSPS) is 14.5. The van der Waals surface area contributed by atoms with E-state index in [2.05, 4.69) is 5.32 Å². The molecule has 0 bridgehead atoms. The second kappa shape index (κ2) is 14.3. The van der Waals surface area contributed by atoms with Crippen molar-refractivity contribution >= 4 is 21.8 Å². The van der Waals surface area contributed by atoms with Crippen LogP contribution in [0.25, 0.3) is 0 Å². The van der Waals surface area contributed by atoms with Gasteiger partial charge in [-0.15, -0.1) is 0 Å². The summed E-state index contributed by atoms with van der Waals surface area (Å²) in [7, 11) is -2.12. The second-order valence-electron chi connectivity index (χ2n) is 9.63. The van der Waals surface area contributed by atoms with Crippen molar-refractivity contribution in [2.24, 2.45) is 0 Å². The zero-order valence-electron chi connectivity index (χ0n) is 23.5. The number of ether oxygens (including phenoxy) is 3. The molecule has 2 amide bonds. The van der Waals surface area contributed by atoms with Crippen molar-refractivity contribution in [3.05, 3.63) is 89.7 Å². The lowest BCUT2D eigenvalue weighted by molar-refractivity contribution is -0.142. The van der Waals surface area contributed by atoms with Gasteiger partial charge < -0.3 is 24.4 Å². The molecule has 0 spiro atoms. The van der Waals surface area contributed by atoms with E-state index >= 15 is 0 Å². The first-order chi connectivity index (χ1) is 20.2. The van der Waals surface area contributed by atoms with E-state index in [0.29, 0.717) is 30.3 Å². The average Bonchev–Trinajstić information content (AvgIpc) is 3.02. The summed E-state index contributed by atoms with van der Waals surface area (Å²) >= 11 is 0. The van der Waals surface area contributed by atoms with Gasteiger partial charge in [-0.05, 0) is 55.0 Å². The van der Waals surface area contributed by atoms with E-state index in [-0.39, 0.29) is 31.1 Å². The van der Waals surface area contributed by atoms with Gasteiger partial charge in [-0.3, -0.25) is 9.59 Å². The molecule has 0 saturated carbocycles. The summed E-state index contributed by atoms with van der Waals surface area (Å²) < 4.78 is 56.8. The molecular formula is C30H34FN3O7S. The van der Waals surface area contributed by atoms with E-state index in [1.54, 1.807) is 32.2 Å². The predicted octanol–water partition coefficient (Wildman–Crippen LogP) is 2.97. The highest BCUT2D eigenvalue weighted by atomic mass is 32.2. The van der Waals surface area contributed by atoms with Crippen molar-refractivity contribution in [2.45, 2.75) is 31.0 Å². The van der Waals surface area contributed by atoms with Crippen molar-refractivity contribution in [1.82, 2.24) is 14.5 Å². The lowest BCUT2D eigenvalue weighted by Crippen LogP contribution is -2.48. The summed E-state index contributed by atoms with van der Waals surface area (Å²) in [5.41, 5.74) is 1.41. The molecule has 1 N–H and O–H groups in total. The number of hydrogen-bond acceptors (Lipinski definition) is 7. The first kappa shape index (κ1) is 30.9. The minimum absolute atomic E-state index is 0.0441. The monoisotopic (exact) mass is 599 g/mol. The summed E-state index contributed by atoms with van der Waals surface area (Å²) in [6.07, 6.45) is 0. The Morgan fingerprint density at radius 3 is 2.36 bits per heavy atom. The van der Waals surface area contributed by atoms with Gasteiger partial charge in [-0.25, -0.2) is 12.8 Å². The number of rotatable bonds is 12. The van der Waals surface area contributed by atoms with Gasteiger partial charge in [0.15, 0.2) is 6.61 Å². The number of nitrogens with one attached hydrogen (secondary N) is 1. The molecule has 224 valence electrons. The van der Waals surface area contributed by atoms with Gasteiger partial charge in [-0.2, -0.15) is 4.31 Å². The van der Waals surface area contributed by atoms with Gasteiger partial charge in [-0.1, -0.05) is 30.3 Å². The highest BCUT2D eigenvalue weighted by Gasteiger charge is 2.28. The van der Waals surface area contributed by atoms with Crippen LogP contribution in [0.3, 0.4) is 0 Å². The fourth-order valence-electron chi connectivity index (χ4n) is 4.42. The zero-order chi connectivity index (χ0) is 30.1. The number of hydrogen-bond donors (Lipinski definition) is 1. The van der Waals surface area contributed by atoms with Crippen molar-refractivity contribution in [3.63, 3.8) is 0 Å². The van der Waals surface area contributed by atoms with Crippen LogP contribution in [0.5, 0.6) is 11.5 Å². The molecule has 0 unspecified atom stereocenters. The summed E-state index contributed by atoms with van der Waals surface area (Å²) in [6, 6.07) is 17.9. The molecule has 1 saturated heterocycles. The highest BCUT2D eigenvalue weighted by molar-refractivity contribution is 7.89. The van der Waals surface area contributed by atoms with Gasteiger partial charge in [0, 0.05) is 31.7 Å². The quantitative estimate of drug-likeness (QED) is 0.341. The summed E-state index contributed by atoms with van der Waals surface area (Å²) in [4.78, 5) is 27.9. The van der Waals surface area contributed by atoms with E-state index < -0.39 is 40.3 Å². The maximum Gasteiger partial charge on any atom is 0.261 e. The lowest BCUT2D eigenvalue weighted by Gasteiger charge is -2.29. The number of morpholine rings is 1. The number of benzene rings is 3. The average molecular weight is 600 g/mol. The van der Waals surface area contributed by atoms with Crippen LogP contribution in [0, 0.1) is 5.82 Å². The largest absolute Gasteiger partial charge is 0.496 e. The zero-order valence-corrected chi connectivity index (χ0v) is 24.3. The maximum absolute atomic E-state index is 13.5. The number of nitrogens with zero attached hydrogens (tertiary/aromatic N) is 2. The first-order valence-corrected chi connectivity index (χ1v) is 14.9. The lowest BCUT2D eigenvalue weighted by atomic mass is 10.1. The van der Waals surface area contributed by atoms with Crippen LogP contribution in [-0.2, 0) is 37.4 Å². The van der Waals surface area contributed by atoms with Crippen LogP contribution in [0.4, 0.5) is 4.39 Å². The molecule has 4 rings (SSSR count). The fourth-order valence-corrected chi connectivity index (χ4v) is 5.83. The van der Waals surface area contributed by atoms with Gasteiger partial charge in [0.1, 0.15) is 23.4 Å². The first-order valence-electron chi connectivity index (χ1n) is 13.4. The Labute approximate surface area is 245 Å². The van der Waals surface area contributed by atoms with Crippen LogP contribution in [-0.4, -0.2) is 75.5 Å². The molecule has 3 aromatic rings. The smallest absolute Gasteiger partial charge is 0.261 e. The van der Waals surface area contributed by atoms with Gasteiger partial charge >= 0.3 is 0 Å². The van der Waals surface area contributed by atoms with Crippen LogP contribution >= 0.6 is 0 Å². The Morgan fingerprint density at radius 1 is 1.02 bits per heavy atom. The third kappa shape index (κ3) is 7.84. The summed E-state index contributed by atoms with van der Waals surface area (Å²) in [5.74, 6) is -0.374. The summed E-state index contributed by atoms with van der Waals surface area (Å²) in [6.45, 7) is 2.69. The topological polar surface area (TPSA) is 114 Å². The number of halogens is 1. The van der Waals surface area contributed by atoms with E-state index in [1.165, 1.54) is 45.6 Å². The third-order valence-corrected chi connectivity index (χ3v) is 8.79. The van der Waals surface area contributed by atoms with Crippen LogP contribution in [0.1, 0.15) is 18.1 Å². The number of methoxy groups -OCH3 is 1. The SMILES string of the molecule is COc1ccccc1CNC(=O)[C@H](C)N(Cc1ccc(F)cc1)C(=O)COc1ccc(S(=O)(=O)N2CCOCC2)cc1. The molecule has 42 heavy (non-hydrogen) atoms. The maximum atomic E-state index is 13.5. The van der Waals surface area contributed by atoms with E-state index in [0.717, 1.165) is 5.56 Å². The number of para-hydroxylation sites is 1. The standard InChI is InChI=1S/C30H34FN3O7S/c1-22(30(36)32-19-24-5-3-4-6-28(24)39-2)34(20-23-7-9-25(31)10-8-23)29(35)21-41-26-11-13-27(14-12-26)42(37,38)33-15-17-40-18-16-33/h3-14,22H,15-21H2,1-2H3,(H,32,36)/t22-/m0/s1. The Hall–Kier alpha value is -4.00. The Kier molecular flexibility index (Phi) is 10.5. The number of carbonyl (C=O) groups excluding carboxylic acids is 2. The van der Waals surface area contributed by atoms with Gasteiger partial charge in [0.25, 0.3) is 5.91 Å². The molecule has 10 nitrogen and oxygen atoms in total. The highest BCUT2D eigenvalue weighted by Crippen LogP contribution is 2.21. The third-order valence-electron chi connectivity index (χ3n) is 6.87. The Balaban J connectivity index is 1.43. The van der Waals surface area contributed by atoms with E-state index in [4.69, 9.17) is 14.2 Å². The van der Waals surface area contributed by atoms with Crippen molar-refractivity contribution in [1.29, 1.82) is 0 Å². The number of carbonyl (C=O) groups is 2. The second-order valence-corrected chi connectivity index (χ2v) is 11.6. The molecule has 3 aromatic carbocycles. The van der Waals surface area contributed by atoms with Crippen molar-refractivity contribution in [3.8, 4) is 11.5 Å². The molecule has 1 atom stereocenters. The molecule has 0 radical (unpaired) electrons. The Bertz CT molecular complexity index is 1460. The van der Waals surface area contributed by atoms with Crippen LogP contribution in [0.15, 0.2) is 77.7 Å². The van der Waals surface area contributed by atoms with Crippen molar-refractivity contribution < 1.29 is 36.6 Å². The molecule has 1 fully saturated rings. The molecule has 0 aromatic heterocycles. The van der Waals surface area contributed by atoms with Crippen molar-refractivity contribution in [2.75, 3.05) is 40.0 Å². The molecular weight excluding hydrogens is 565 g/mol. The van der Waals surface area contributed by atoms with E-state index in [1.807, 2.05) is 18.2 Å². The fraction of sp³-hybridized carbons (Fsp3) is 0.333. The molecule has 1 aliphatic rings. The molecule has 1 heterocycles. The molecule has 12 heteroatoms. The predicted molar refractivity (Wildman–Crippen MR) is 153 cm³/mol. The molecule has 0 aliphatic carbocycles. The van der Waals surface area contributed by atoms with Crippen LogP contribution in [0.2, 0.25) is 0 Å². The Morgan fingerprint density at radius 2 is 1.69 bits per heavy atom. The van der Waals surface area contributed by atoms with Gasteiger partial charge in [0.05, 0.1) is 25.2 Å². The van der Waals surface area contributed by atoms with Gasteiger partial charge in [0.2, 0.25) is 15.9 Å². The minimum Gasteiger partial charge on any atom is -0.496 e. The minimum atomic E-state index is -3.67.